The van der Waals surface area contributed by atoms with Crippen LogP contribution in [0.4, 0.5) is 8.78 Å². The third kappa shape index (κ3) is 1.45. The normalized spacial score (nSPS) is 42.2. The average Bonchev–Trinajstić information content (AvgIpc) is 3.05. The van der Waals surface area contributed by atoms with Gasteiger partial charge in [0.2, 0.25) is 0 Å². The lowest BCUT2D eigenvalue weighted by molar-refractivity contribution is -0.0564. The van der Waals surface area contributed by atoms with Gasteiger partial charge in [-0.2, -0.15) is 0 Å². The van der Waals surface area contributed by atoms with E-state index >= 15 is 0 Å². The Morgan fingerprint density at radius 3 is 2.75 bits per heavy atom. The van der Waals surface area contributed by atoms with Crippen LogP contribution < -0.4 is 0 Å². The lowest BCUT2D eigenvalue weighted by atomic mass is 9.69. The Morgan fingerprint density at radius 2 is 1.95 bits per heavy atom. The molecular formula is C17H20F2O. The first-order valence-electron chi connectivity index (χ1n) is 7.70. The van der Waals surface area contributed by atoms with Gasteiger partial charge in [-0.25, -0.2) is 8.78 Å². The van der Waals surface area contributed by atoms with Gasteiger partial charge in [0.15, 0.2) is 0 Å². The van der Waals surface area contributed by atoms with Crippen molar-refractivity contribution >= 4 is 0 Å². The number of hydrogen-bond donors (Lipinski definition) is 1. The van der Waals surface area contributed by atoms with Gasteiger partial charge in [0.05, 0.1) is 11.2 Å². The highest BCUT2D eigenvalue weighted by atomic mass is 19.1. The fraction of sp³-hybridized carbons (Fsp3) is 0.647. The predicted molar refractivity (Wildman–Crippen MR) is 72.0 cm³/mol. The summed E-state index contributed by atoms with van der Waals surface area (Å²) < 4.78 is 28.6. The molecule has 0 spiro atoms. The van der Waals surface area contributed by atoms with Crippen molar-refractivity contribution < 1.29 is 13.9 Å². The molecule has 3 aliphatic carbocycles. The zero-order valence-electron chi connectivity index (χ0n) is 11.7. The van der Waals surface area contributed by atoms with E-state index in [1.807, 2.05) is 0 Å². The van der Waals surface area contributed by atoms with Gasteiger partial charge in [-0.05, 0) is 67.9 Å². The summed E-state index contributed by atoms with van der Waals surface area (Å²) >= 11 is 0. The summed E-state index contributed by atoms with van der Waals surface area (Å²) in [7, 11) is 0. The maximum Gasteiger partial charge on any atom is 0.135 e. The molecule has 0 radical (unpaired) electrons. The highest BCUT2D eigenvalue weighted by Crippen LogP contribution is 2.65. The van der Waals surface area contributed by atoms with E-state index < -0.39 is 17.2 Å². The third-order valence-corrected chi connectivity index (χ3v) is 6.21. The fourth-order valence-corrected chi connectivity index (χ4v) is 5.45. The molecule has 1 aromatic carbocycles. The van der Waals surface area contributed by atoms with Gasteiger partial charge in [-0.15, -0.1) is 0 Å². The van der Waals surface area contributed by atoms with E-state index in [0.29, 0.717) is 29.7 Å². The second-order valence-corrected chi connectivity index (χ2v) is 7.04. The van der Waals surface area contributed by atoms with Crippen LogP contribution in [0.15, 0.2) is 12.1 Å². The molecule has 3 fully saturated rings. The highest BCUT2D eigenvalue weighted by Gasteiger charge is 2.62. The van der Waals surface area contributed by atoms with Gasteiger partial charge in [-0.1, -0.05) is 12.5 Å². The van der Waals surface area contributed by atoms with Crippen LogP contribution in [0.25, 0.3) is 0 Å². The van der Waals surface area contributed by atoms with E-state index in [1.54, 1.807) is 6.92 Å². The Labute approximate surface area is 118 Å². The van der Waals surface area contributed by atoms with E-state index in [4.69, 9.17) is 0 Å². The summed E-state index contributed by atoms with van der Waals surface area (Å²) in [5, 5.41) is 11.1. The number of rotatable bonds is 1. The van der Waals surface area contributed by atoms with E-state index in [1.165, 1.54) is 25.0 Å². The molecule has 1 nitrogen and oxygen atoms in total. The molecule has 0 heterocycles. The molecular weight excluding hydrogens is 258 g/mol. The van der Waals surface area contributed by atoms with Gasteiger partial charge in [0.1, 0.15) is 11.6 Å². The first kappa shape index (κ1) is 12.8. The molecule has 108 valence electrons. The van der Waals surface area contributed by atoms with Crippen molar-refractivity contribution in [2.75, 3.05) is 0 Å². The molecule has 5 unspecified atom stereocenters. The fourth-order valence-electron chi connectivity index (χ4n) is 5.45. The van der Waals surface area contributed by atoms with Gasteiger partial charge >= 0.3 is 0 Å². The van der Waals surface area contributed by atoms with E-state index in [0.717, 1.165) is 12.8 Å². The topological polar surface area (TPSA) is 20.2 Å². The summed E-state index contributed by atoms with van der Waals surface area (Å²) in [4.78, 5) is 0. The number of halogens is 2. The SMILES string of the molecule is Cc1ccc(F)c(C2(O)CC3CC2C2CCCC32)c1F. The second kappa shape index (κ2) is 4.03. The summed E-state index contributed by atoms with van der Waals surface area (Å²) in [6.45, 7) is 1.63. The Hall–Kier alpha value is -0.960. The van der Waals surface area contributed by atoms with Crippen molar-refractivity contribution in [3.8, 4) is 0 Å². The summed E-state index contributed by atoms with van der Waals surface area (Å²) in [6.07, 6.45) is 5.04. The van der Waals surface area contributed by atoms with E-state index in [-0.39, 0.29) is 11.5 Å². The molecule has 3 saturated carbocycles. The zero-order chi connectivity index (χ0) is 14.1. The van der Waals surface area contributed by atoms with Crippen molar-refractivity contribution in [1.82, 2.24) is 0 Å². The molecule has 4 rings (SSSR count). The summed E-state index contributed by atoms with van der Waals surface area (Å²) in [5.74, 6) is 0.532. The van der Waals surface area contributed by atoms with Crippen LogP contribution >= 0.6 is 0 Å². The Kier molecular flexibility index (Phi) is 2.57. The molecule has 0 saturated heterocycles. The van der Waals surface area contributed by atoms with Crippen molar-refractivity contribution in [2.24, 2.45) is 23.7 Å². The molecule has 0 amide bonds. The van der Waals surface area contributed by atoms with Crippen LogP contribution in [0.2, 0.25) is 0 Å². The van der Waals surface area contributed by atoms with Gasteiger partial charge in [0, 0.05) is 0 Å². The Bertz CT molecular complexity index is 570. The van der Waals surface area contributed by atoms with Crippen LogP contribution in [0.1, 0.15) is 43.2 Å². The second-order valence-electron chi connectivity index (χ2n) is 7.04. The van der Waals surface area contributed by atoms with Crippen LogP contribution in [0, 0.1) is 42.2 Å². The third-order valence-electron chi connectivity index (χ3n) is 6.21. The minimum Gasteiger partial charge on any atom is -0.385 e. The largest absolute Gasteiger partial charge is 0.385 e. The highest BCUT2D eigenvalue weighted by molar-refractivity contribution is 5.34. The monoisotopic (exact) mass is 278 g/mol. The minimum absolute atomic E-state index is 0.0470. The van der Waals surface area contributed by atoms with E-state index in [9.17, 15) is 13.9 Å². The number of benzene rings is 1. The van der Waals surface area contributed by atoms with Crippen LogP contribution in [-0.2, 0) is 5.60 Å². The lowest BCUT2D eigenvalue weighted by Gasteiger charge is -2.39. The quantitative estimate of drug-likeness (QED) is 0.825. The maximum atomic E-state index is 14.4. The number of aryl methyl sites for hydroxylation is 1. The zero-order valence-corrected chi connectivity index (χ0v) is 11.7. The standard InChI is InChI=1S/C17H20F2O/c1-9-5-6-14(18)15(16(9)19)17(20)8-10-7-13(17)12-4-2-3-11(10)12/h5-6,10-13,20H,2-4,7-8H2,1H3. The van der Waals surface area contributed by atoms with E-state index in [2.05, 4.69) is 0 Å². The number of hydrogen-bond acceptors (Lipinski definition) is 1. The Balaban J connectivity index is 1.82. The van der Waals surface area contributed by atoms with Crippen LogP contribution in [0.3, 0.4) is 0 Å². The molecule has 1 aromatic rings. The van der Waals surface area contributed by atoms with Crippen molar-refractivity contribution in [2.45, 2.75) is 44.6 Å². The van der Waals surface area contributed by atoms with Crippen molar-refractivity contribution in [3.63, 3.8) is 0 Å². The number of fused-ring (bicyclic) bond motifs is 5. The summed E-state index contributed by atoms with van der Waals surface area (Å²) in [5.41, 5.74) is -0.924. The van der Waals surface area contributed by atoms with Gasteiger partial charge in [-0.3, -0.25) is 0 Å². The smallest absolute Gasteiger partial charge is 0.135 e. The molecule has 1 N–H and O–H groups in total. The van der Waals surface area contributed by atoms with Crippen LogP contribution in [0.5, 0.6) is 0 Å². The molecule has 2 bridgehead atoms. The van der Waals surface area contributed by atoms with Crippen LogP contribution in [-0.4, -0.2) is 5.11 Å². The molecule has 3 heteroatoms. The molecule has 0 aromatic heterocycles. The van der Waals surface area contributed by atoms with Gasteiger partial charge < -0.3 is 5.11 Å². The molecule has 20 heavy (non-hydrogen) atoms. The molecule has 5 atom stereocenters. The maximum absolute atomic E-state index is 14.4. The Morgan fingerprint density at radius 1 is 1.20 bits per heavy atom. The van der Waals surface area contributed by atoms with Crippen molar-refractivity contribution in [1.29, 1.82) is 0 Å². The molecule has 3 aliphatic rings. The molecule has 0 aliphatic heterocycles. The number of aliphatic hydroxyl groups is 1. The minimum atomic E-state index is -1.28. The first-order valence-corrected chi connectivity index (χ1v) is 7.70. The lowest BCUT2D eigenvalue weighted by Crippen LogP contribution is -2.40. The average molecular weight is 278 g/mol. The summed E-state index contributed by atoms with van der Waals surface area (Å²) in [6, 6.07) is 2.74. The first-order chi connectivity index (χ1) is 9.52. The van der Waals surface area contributed by atoms with Crippen molar-refractivity contribution in [3.05, 3.63) is 34.9 Å². The van der Waals surface area contributed by atoms with Gasteiger partial charge in [0.25, 0.3) is 0 Å². The predicted octanol–water partition coefficient (Wildman–Crippen LogP) is 3.92.